The van der Waals surface area contributed by atoms with Crippen molar-refractivity contribution in [3.8, 4) is 0 Å². The first-order chi connectivity index (χ1) is 5.18. The predicted octanol–water partition coefficient (Wildman–Crippen LogP) is 2.57. The van der Waals surface area contributed by atoms with E-state index in [-0.39, 0.29) is 11.8 Å². The van der Waals surface area contributed by atoms with Gasteiger partial charge in [-0.05, 0) is 11.8 Å². The molecule has 1 amide bonds. The van der Waals surface area contributed by atoms with Crippen LogP contribution in [0.25, 0.3) is 0 Å². The molecule has 0 fully saturated rings. The zero-order chi connectivity index (χ0) is 10.4. The van der Waals surface area contributed by atoms with Gasteiger partial charge >= 0.3 is 0 Å². The SMILES string of the molecule is CC(C)(C)C.CCC(C)C(N)=O. The highest BCUT2D eigenvalue weighted by Gasteiger charge is 2.02. The molecule has 2 nitrogen and oxygen atoms in total. The number of carbonyl (C=O) groups is 1. The summed E-state index contributed by atoms with van der Waals surface area (Å²) in [6.07, 6.45) is 0.843. The molecule has 0 spiro atoms. The topological polar surface area (TPSA) is 43.1 Å². The Kier molecular flexibility index (Phi) is 7.05. The van der Waals surface area contributed by atoms with Crippen LogP contribution in [0.5, 0.6) is 0 Å². The lowest BCUT2D eigenvalue weighted by Crippen LogP contribution is -2.19. The number of primary amides is 1. The van der Waals surface area contributed by atoms with Crippen molar-refractivity contribution >= 4 is 5.91 Å². The summed E-state index contributed by atoms with van der Waals surface area (Å²) in [4.78, 5) is 10.2. The third-order valence-electron chi connectivity index (χ3n) is 1.10. The average molecular weight is 173 g/mol. The van der Waals surface area contributed by atoms with Gasteiger partial charge in [-0.3, -0.25) is 4.79 Å². The van der Waals surface area contributed by atoms with E-state index in [0.29, 0.717) is 5.41 Å². The smallest absolute Gasteiger partial charge is 0.220 e. The lowest BCUT2D eigenvalue weighted by Gasteiger charge is -2.05. The van der Waals surface area contributed by atoms with E-state index in [9.17, 15) is 4.79 Å². The third-order valence-corrected chi connectivity index (χ3v) is 1.10. The van der Waals surface area contributed by atoms with E-state index in [1.54, 1.807) is 0 Å². The second kappa shape index (κ2) is 6.04. The maximum atomic E-state index is 10.2. The number of hydrogen-bond acceptors (Lipinski definition) is 1. The quantitative estimate of drug-likeness (QED) is 0.685. The standard InChI is InChI=1S/C5H11NO.C5H12/c1-3-4(2)5(6)7;1-5(2,3)4/h4H,3H2,1-2H3,(H2,6,7);1-4H3. The minimum absolute atomic E-state index is 0.0417. The summed E-state index contributed by atoms with van der Waals surface area (Å²) < 4.78 is 0. The van der Waals surface area contributed by atoms with E-state index in [1.165, 1.54) is 0 Å². The van der Waals surface area contributed by atoms with E-state index in [4.69, 9.17) is 5.73 Å². The molecule has 0 bridgehead atoms. The van der Waals surface area contributed by atoms with Crippen molar-refractivity contribution in [1.82, 2.24) is 0 Å². The lowest BCUT2D eigenvalue weighted by molar-refractivity contribution is -0.121. The molecule has 0 rings (SSSR count). The Morgan fingerprint density at radius 1 is 1.33 bits per heavy atom. The fourth-order valence-corrected chi connectivity index (χ4v) is 0.201. The number of hydrogen-bond donors (Lipinski definition) is 1. The van der Waals surface area contributed by atoms with Crippen molar-refractivity contribution in [2.75, 3.05) is 0 Å². The first kappa shape index (κ1) is 14.0. The summed E-state index contributed by atoms with van der Waals surface area (Å²) in [6.45, 7) is 12.5. The number of nitrogens with two attached hydrogens (primary N) is 1. The van der Waals surface area contributed by atoms with E-state index < -0.39 is 0 Å². The van der Waals surface area contributed by atoms with Crippen LogP contribution < -0.4 is 5.73 Å². The summed E-state index contributed by atoms with van der Waals surface area (Å²) in [7, 11) is 0. The third kappa shape index (κ3) is 22.7. The van der Waals surface area contributed by atoms with Gasteiger partial charge in [-0.1, -0.05) is 41.5 Å². The van der Waals surface area contributed by atoms with E-state index in [0.717, 1.165) is 6.42 Å². The summed E-state index contributed by atoms with van der Waals surface area (Å²) in [5, 5.41) is 0. The van der Waals surface area contributed by atoms with Crippen molar-refractivity contribution in [1.29, 1.82) is 0 Å². The van der Waals surface area contributed by atoms with Gasteiger partial charge in [0.1, 0.15) is 0 Å². The second-order valence-electron chi connectivity index (χ2n) is 4.71. The Hall–Kier alpha value is -0.530. The van der Waals surface area contributed by atoms with Gasteiger partial charge in [0.25, 0.3) is 0 Å². The summed E-state index contributed by atoms with van der Waals surface area (Å²) in [5.41, 5.74) is 5.41. The molecule has 0 aliphatic heterocycles. The van der Waals surface area contributed by atoms with Crippen molar-refractivity contribution in [2.24, 2.45) is 17.1 Å². The summed E-state index contributed by atoms with van der Waals surface area (Å²) >= 11 is 0. The zero-order valence-electron chi connectivity index (χ0n) is 9.27. The Labute approximate surface area is 76.5 Å². The molecule has 0 aromatic carbocycles. The van der Waals surface area contributed by atoms with Gasteiger partial charge in [-0.2, -0.15) is 0 Å². The molecule has 0 radical (unpaired) electrons. The van der Waals surface area contributed by atoms with Crippen LogP contribution in [0.2, 0.25) is 0 Å². The van der Waals surface area contributed by atoms with Crippen LogP contribution in [0.1, 0.15) is 48.0 Å². The molecule has 0 saturated heterocycles. The number of rotatable bonds is 2. The maximum absolute atomic E-state index is 10.2. The van der Waals surface area contributed by atoms with Crippen LogP contribution in [0.15, 0.2) is 0 Å². The molecule has 2 heteroatoms. The van der Waals surface area contributed by atoms with Crippen LogP contribution >= 0.6 is 0 Å². The summed E-state index contributed by atoms with van der Waals surface area (Å²) in [5.74, 6) is -0.164. The minimum Gasteiger partial charge on any atom is -0.369 e. The molecule has 0 aromatic heterocycles. The van der Waals surface area contributed by atoms with Crippen LogP contribution in [0, 0.1) is 11.3 Å². The normalized spacial score (nSPS) is 12.8. The van der Waals surface area contributed by atoms with Crippen molar-refractivity contribution in [3.63, 3.8) is 0 Å². The highest BCUT2D eigenvalue weighted by molar-refractivity contribution is 5.76. The van der Waals surface area contributed by atoms with Crippen molar-refractivity contribution < 1.29 is 4.79 Å². The van der Waals surface area contributed by atoms with Gasteiger partial charge in [0.05, 0.1) is 0 Å². The van der Waals surface area contributed by atoms with Crippen LogP contribution in [-0.4, -0.2) is 5.91 Å². The fourth-order valence-electron chi connectivity index (χ4n) is 0.201. The number of carbonyl (C=O) groups excluding carboxylic acids is 1. The monoisotopic (exact) mass is 173 g/mol. The van der Waals surface area contributed by atoms with E-state index in [1.807, 2.05) is 13.8 Å². The molecule has 0 aliphatic carbocycles. The van der Waals surface area contributed by atoms with Gasteiger partial charge < -0.3 is 5.73 Å². The molecule has 1 atom stereocenters. The molecule has 0 saturated carbocycles. The van der Waals surface area contributed by atoms with Crippen LogP contribution in [0.3, 0.4) is 0 Å². The lowest BCUT2D eigenvalue weighted by atomic mass is 10.0. The largest absolute Gasteiger partial charge is 0.369 e. The van der Waals surface area contributed by atoms with Crippen molar-refractivity contribution in [2.45, 2.75) is 48.0 Å². The first-order valence-corrected chi connectivity index (χ1v) is 4.47. The van der Waals surface area contributed by atoms with Gasteiger partial charge in [0, 0.05) is 5.92 Å². The molecule has 2 N–H and O–H groups in total. The van der Waals surface area contributed by atoms with E-state index >= 15 is 0 Å². The Morgan fingerprint density at radius 2 is 1.58 bits per heavy atom. The second-order valence-corrected chi connectivity index (χ2v) is 4.71. The molecule has 0 aliphatic rings. The molecule has 74 valence electrons. The van der Waals surface area contributed by atoms with Gasteiger partial charge in [-0.15, -0.1) is 0 Å². The Bertz CT molecular complexity index is 118. The van der Waals surface area contributed by atoms with Gasteiger partial charge in [0.15, 0.2) is 0 Å². The maximum Gasteiger partial charge on any atom is 0.220 e. The van der Waals surface area contributed by atoms with Crippen LogP contribution in [-0.2, 0) is 4.79 Å². The Morgan fingerprint density at radius 3 is 1.58 bits per heavy atom. The molecular formula is C10H23NO. The first-order valence-electron chi connectivity index (χ1n) is 4.47. The molecule has 12 heavy (non-hydrogen) atoms. The minimum atomic E-state index is -0.206. The van der Waals surface area contributed by atoms with Gasteiger partial charge in [0.2, 0.25) is 5.91 Å². The molecule has 0 aromatic rings. The van der Waals surface area contributed by atoms with Crippen LogP contribution in [0.4, 0.5) is 0 Å². The van der Waals surface area contributed by atoms with Crippen molar-refractivity contribution in [3.05, 3.63) is 0 Å². The predicted molar refractivity (Wildman–Crippen MR) is 53.8 cm³/mol. The molecule has 0 heterocycles. The van der Waals surface area contributed by atoms with Gasteiger partial charge in [-0.25, -0.2) is 0 Å². The van der Waals surface area contributed by atoms with E-state index in [2.05, 4.69) is 27.7 Å². The zero-order valence-corrected chi connectivity index (χ0v) is 9.27. The fraction of sp³-hybridized carbons (Fsp3) is 0.900. The highest BCUT2D eigenvalue weighted by Crippen LogP contribution is 2.08. The Balaban J connectivity index is 0. The average Bonchev–Trinajstić information content (AvgIpc) is 1.82. The molecular weight excluding hydrogens is 150 g/mol. The summed E-state index contributed by atoms with van der Waals surface area (Å²) in [6, 6.07) is 0. The molecule has 1 unspecified atom stereocenters. The number of amides is 1. The highest BCUT2D eigenvalue weighted by atomic mass is 16.1.